The molecule has 0 aromatic heterocycles. The molecular weight excluding hydrogens is 206 g/mol. The summed E-state index contributed by atoms with van der Waals surface area (Å²) in [6.07, 6.45) is 3.36. The molecule has 0 aromatic rings. The Morgan fingerprint density at radius 1 is 1.56 bits per heavy atom. The van der Waals surface area contributed by atoms with Crippen LogP contribution in [0, 0.1) is 0 Å². The van der Waals surface area contributed by atoms with Crippen molar-refractivity contribution >= 4 is 27.5 Å². The second-order valence-electron chi connectivity index (χ2n) is 2.47. The van der Waals surface area contributed by atoms with E-state index in [4.69, 9.17) is 11.6 Å². The van der Waals surface area contributed by atoms with Crippen molar-refractivity contribution in [2.24, 2.45) is 0 Å². The molecule has 0 saturated heterocycles. The van der Waals surface area contributed by atoms with Crippen LogP contribution in [0.3, 0.4) is 0 Å². The Hall–Kier alpha value is 0.700. The van der Waals surface area contributed by atoms with Gasteiger partial charge in [-0.1, -0.05) is 34.0 Å². The molecule has 0 nitrogen and oxygen atoms in total. The predicted octanol–water partition coefficient (Wildman–Crippen LogP) is 3.23. The van der Waals surface area contributed by atoms with E-state index >= 15 is 0 Å². The highest BCUT2D eigenvalue weighted by molar-refractivity contribution is 9.09. The Morgan fingerprint density at radius 3 is 2.56 bits per heavy atom. The van der Waals surface area contributed by atoms with Crippen LogP contribution in [0.1, 0.15) is 25.7 Å². The number of rotatable bonds is 0. The summed E-state index contributed by atoms with van der Waals surface area (Å²) in [6.45, 7) is 0. The molecule has 1 aliphatic rings. The number of hydrogen-bond acceptors (Lipinski definition) is 0. The van der Waals surface area contributed by atoms with Crippen LogP contribution in [0.5, 0.6) is 0 Å². The molecule has 0 bridgehead atoms. The summed E-state index contributed by atoms with van der Waals surface area (Å²) in [5.41, 5.74) is 0. The minimum atomic E-state index is -1.47. The van der Waals surface area contributed by atoms with Gasteiger partial charge in [0.25, 0.3) is 0 Å². The molecule has 1 saturated carbocycles. The topological polar surface area (TPSA) is 0 Å². The summed E-state index contributed by atoms with van der Waals surface area (Å²) in [7, 11) is 0. The zero-order chi connectivity index (χ0) is 6.91. The first-order chi connectivity index (χ1) is 4.13. The van der Waals surface area contributed by atoms with Crippen molar-refractivity contribution in [3.05, 3.63) is 0 Å². The summed E-state index contributed by atoms with van der Waals surface area (Å²) in [6, 6.07) is 0. The fraction of sp³-hybridized carbons (Fsp3) is 1.00. The minimum Gasteiger partial charge on any atom is -0.225 e. The van der Waals surface area contributed by atoms with Gasteiger partial charge in [0.2, 0.25) is 0 Å². The first-order valence-electron chi connectivity index (χ1n) is 3.15. The maximum Gasteiger partial charge on any atom is 0.196 e. The standard InChI is InChI=1S/C6H9BrClF/c7-5-3-1-2-4-6(5,8)9/h5H,1-4H2. The largest absolute Gasteiger partial charge is 0.225 e. The lowest BCUT2D eigenvalue weighted by molar-refractivity contribution is 0.215. The van der Waals surface area contributed by atoms with Crippen LogP contribution in [-0.4, -0.2) is 9.96 Å². The lowest BCUT2D eigenvalue weighted by Gasteiger charge is -2.28. The molecule has 2 unspecified atom stereocenters. The Labute approximate surface area is 67.9 Å². The van der Waals surface area contributed by atoms with Crippen molar-refractivity contribution in [2.45, 2.75) is 35.6 Å². The van der Waals surface area contributed by atoms with E-state index in [0.717, 1.165) is 19.3 Å². The van der Waals surface area contributed by atoms with Gasteiger partial charge in [-0.2, -0.15) is 0 Å². The summed E-state index contributed by atoms with van der Waals surface area (Å²) < 4.78 is 13.0. The van der Waals surface area contributed by atoms with Gasteiger partial charge in [0.1, 0.15) is 0 Å². The zero-order valence-corrected chi connectivity index (χ0v) is 7.38. The molecule has 1 aliphatic carbocycles. The normalized spacial score (nSPS) is 45.0. The van der Waals surface area contributed by atoms with Gasteiger partial charge >= 0.3 is 0 Å². The molecule has 2 atom stereocenters. The second kappa shape index (κ2) is 2.75. The fourth-order valence-electron chi connectivity index (χ4n) is 1.05. The van der Waals surface area contributed by atoms with E-state index in [9.17, 15) is 4.39 Å². The van der Waals surface area contributed by atoms with Gasteiger partial charge in [-0.25, -0.2) is 4.39 Å². The number of hydrogen-bond donors (Lipinski definition) is 0. The number of halogens is 3. The maximum atomic E-state index is 13.0. The van der Waals surface area contributed by atoms with Crippen LogP contribution in [0.2, 0.25) is 0 Å². The van der Waals surface area contributed by atoms with Crippen LogP contribution in [0.15, 0.2) is 0 Å². The second-order valence-corrected chi connectivity index (χ2v) is 4.21. The van der Waals surface area contributed by atoms with Crippen molar-refractivity contribution in [3.8, 4) is 0 Å². The van der Waals surface area contributed by atoms with Gasteiger partial charge < -0.3 is 0 Å². The first-order valence-corrected chi connectivity index (χ1v) is 4.44. The van der Waals surface area contributed by atoms with Crippen molar-refractivity contribution in [1.82, 2.24) is 0 Å². The Morgan fingerprint density at radius 2 is 2.22 bits per heavy atom. The summed E-state index contributed by atoms with van der Waals surface area (Å²) in [4.78, 5) is -0.139. The summed E-state index contributed by atoms with van der Waals surface area (Å²) in [5, 5.41) is -1.47. The van der Waals surface area contributed by atoms with Crippen LogP contribution >= 0.6 is 27.5 Å². The highest BCUT2D eigenvalue weighted by Gasteiger charge is 2.37. The number of alkyl halides is 3. The lowest BCUT2D eigenvalue weighted by Crippen LogP contribution is -2.30. The molecule has 0 heterocycles. The third-order valence-electron chi connectivity index (χ3n) is 1.68. The van der Waals surface area contributed by atoms with Crippen LogP contribution < -0.4 is 0 Å². The molecule has 3 heteroatoms. The smallest absolute Gasteiger partial charge is 0.196 e. The van der Waals surface area contributed by atoms with E-state index in [2.05, 4.69) is 15.9 Å². The van der Waals surface area contributed by atoms with Gasteiger partial charge in [0.15, 0.2) is 5.13 Å². The lowest BCUT2D eigenvalue weighted by atomic mass is 9.98. The molecule has 0 N–H and O–H groups in total. The van der Waals surface area contributed by atoms with E-state index in [1.165, 1.54) is 0 Å². The van der Waals surface area contributed by atoms with Gasteiger partial charge in [-0.05, 0) is 19.3 Å². The Bertz CT molecular complexity index is 105. The summed E-state index contributed by atoms with van der Waals surface area (Å²) >= 11 is 8.71. The van der Waals surface area contributed by atoms with Crippen molar-refractivity contribution in [3.63, 3.8) is 0 Å². The van der Waals surface area contributed by atoms with Gasteiger partial charge in [-0.3, -0.25) is 0 Å². The van der Waals surface area contributed by atoms with E-state index in [1.807, 2.05) is 0 Å². The van der Waals surface area contributed by atoms with Gasteiger partial charge in [-0.15, -0.1) is 0 Å². The third-order valence-corrected chi connectivity index (χ3v) is 3.58. The highest BCUT2D eigenvalue weighted by Crippen LogP contribution is 2.39. The molecule has 1 fully saturated rings. The molecule has 54 valence electrons. The summed E-state index contributed by atoms with van der Waals surface area (Å²) in [5.74, 6) is 0. The Kier molecular flexibility index (Phi) is 2.38. The van der Waals surface area contributed by atoms with Crippen LogP contribution in [0.25, 0.3) is 0 Å². The van der Waals surface area contributed by atoms with Crippen LogP contribution in [-0.2, 0) is 0 Å². The van der Waals surface area contributed by atoms with Crippen molar-refractivity contribution < 1.29 is 4.39 Å². The van der Waals surface area contributed by atoms with E-state index < -0.39 is 5.13 Å². The van der Waals surface area contributed by atoms with E-state index in [-0.39, 0.29) is 4.83 Å². The minimum absolute atomic E-state index is 0.139. The van der Waals surface area contributed by atoms with Gasteiger partial charge in [0.05, 0.1) is 4.83 Å². The molecule has 0 amide bonds. The predicted molar refractivity (Wildman–Crippen MR) is 40.9 cm³/mol. The molecule has 0 spiro atoms. The van der Waals surface area contributed by atoms with Crippen molar-refractivity contribution in [1.29, 1.82) is 0 Å². The Balaban J connectivity index is 2.49. The van der Waals surface area contributed by atoms with E-state index in [0.29, 0.717) is 6.42 Å². The van der Waals surface area contributed by atoms with Crippen molar-refractivity contribution in [2.75, 3.05) is 0 Å². The maximum absolute atomic E-state index is 13.0. The van der Waals surface area contributed by atoms with Gasteiger partial charge in [0, 0.05) is 0 Å². The molecule has 9 heavy (non-hydrogen) atoms. The molecule has 0 aliphatic heterocycles. The van der Waals surface area contributed by atoms with E-state index in [1.54, 1.807) is 0 Å². The quantitative estimate of drug-likeness (QED) is 0.544. The highest BCUT2D eigenvalue weighted by atomic mass is 79.9. The third kappa shape index (κ3) is 1.81. The van der Waals surface area contributed by atoms with Crippen LogP contribution in [0.4, 0.5) is 4.39 Å². The SMILES string of the molecule is FC1(Cl)CCCCC1Br. The first kappa shape index (κ1) is 7.80. The average Bonchev–Trinajstić information content (AvgIpc) is 1.77. The molecular formula is C6H9BrClF. The fourth-order valence-corrected chi connectivity index (χ4v) is 1.85. The average molecular weight is 215 g/mol. The molecule has 0 aromatic carbocycles. The zero-order valence-electron chi connectivity index (χ0n) is 5.04. The molecule has 1 rings (SSSR count). The molecule has 0 radical (unpaired) electrons. The monoisotopic (exact) mass is 214 g/mol.